The van der Waals surface area contributed by atoms with Crippen molar-refractivity contribution < 1.29 is 14.6 Å². The molecule has 1 N–H and O–H groups in total. The molecular weight excluding hydrogens is 156 g/mol. The molecule has 0 aliphatic rings. The molecule has 0 saturated heterocycles. The van der Waals surface area contributed by atoms with Gasteiger partial charge in [0.2, 0.25) is 0 Å². The number of aliphatic hydroxyl groups excluding tert-OH is 1. The molecule has 0 unspecified atom stereocenters. The number of carbonyl (C=O) groups excluding carboxylic acids is 1. The summed E-state index contributed by atoms with van der Waals surface area (Å²) in [7, 11) is 1.39. The van der Waals surface area contributed by atoms with Crippen molar-refractivity contribution in [2.75, 3.05) is 13.7 Å². The van der Waals surface area contributed by atoms with Gasteiger partial charge < -0.3 is 9.84 Å². The van der Waals surface area contributed by atoms with Crippen LogP contribution in [0, 0.1) is 5.92 Å². The van der Waals surface area contributed by atoms with Gasteiger partial charge in [0.05, 0.1) is 7.11 Å². The normalized spacial score (nSPS) is 12.6. The summed E-state index contributed by atoms with van der Waals surface area (Å²) in [5, 5.41) is 8.89. The second-order valence-electron chi connectivity index (χ2n) is 2.95. The molecule has 0 fully saturated rings. The Morgan fingerprint density at radius 2 is 2.17 bits per heavy atom. The molecule has 0 spiro atoms. The fourth-order valence-corrected chi connectivity index (χ4v) is 1.16. The van der Waals surface area contributed by atoms with E-state index in [0.29, 0.717) is 6.42 Å². The maximum atomic E-state index is 10.7. The molecule has 1 atom stereocenters. The maximum Gasteiger partial charge on any atom is 0.305 e. The Morgan fingerprint density at radius 3 is 2.58 bits per heavy atom. The van der Waals surface area contributed by atoms with Gasteiger partial charge in [0.25, 0.3) is 0 Å². The van der Waals surface area contributed by atoms with Crippen LogP contribution in [0.2, 0.25) is 0 Å². The van der Waals surface area contributed by atoms with Gasteiger partial charge in [0.15, 0.2) is 0 Å². The van der Waals surface area contributed by atoms with Crippen LogP contribution in [0.25, 0.3) is 0 Å². The first-order valence-electron chi connectivity index (χ1n) is 4.42. The summed E-state index contributed by atoms with van der Waals surface area (Å²) in [5.41, 5.74) is 0. The molecular formula is C9H18O3. The molecule has 0 bridgehead atoms. The van der Waals surface area contributed by atoms with Crippen molar-refractivity contribution in [3.8, 4) is 0 Å². The topological polar surface area (TPSA) is 46.5 Å². The van der Waals surface area contributed by atoms with Crippen LogP contribution in [0.5, 0.6) is 0 Å². The number of carbonyl (C=O) groups is 1. The summed E-state index contributed by atoms with van der Waals surface area (Å²) < 4.78 is 4.50. The molecule has 0 amide bonds. The van der Waals surface area contributed by atoms with Crippen molar-refractivity contribution in [3.05, 3.63) is 0 Å². The largest absolute Gasteiger partial charge is 0.469 e. The summed E-state index contributed by atoms with van der Waals surface area (Å²) in [4.78, 5) is 10.7. The lowest BCUT2D eigenvalue weighted by molar-refractivity contribution is -0.141. The average Bonchev–Trinajstić information content (AvgIpc) is 2.11. The SMILES string of the molecule is CCC[C@@H](CO)CCC(=O)OC. The highest BCUT2D eigenvalue weighted by molar-refractivity contribution is 5.69. The molecule has 0 rings (SSSR count). The standard InChI is InChI=1S/C9H18O3/c1-3-4-8(7-10)5-6-9(11)12-2/h8,10H,3-7H2,1-2H3/t8-/m1/s1. The zero-order valence-corrected chi connectivity index (χ0v) is 7.88. The van der Waals surface area contributed by atoms with Crippen LogP contribution in [-0.2, 0) is 9.53 Å². The van der Waals surface area contributed by atoms with Gasteiger partial charge in [-0.15, -0.1) is 0 Å². The van der Waals surface area contributed by atoms with Gasteiger partial charge in [-0.3, -0.25) is 4.79 Å². The first kappa shape index (κ1) is 11.4. The number of esters is 1. The lowest BCUT2D eigenvalue weighted by Crippen LogP contribution is -2.09. The Morgan fingerprint density at radius 1 is 1.50 bits per heavy atom. The van der Waals surface area contributed by atoms with Gasteiger partial charge in [-0.05, 0) is 18.8 Å². The molecule has 0 aliphatic heterocycles. The number of methoxy groups -OCH3 is 1. The summed E-state index contributed by atoms with van der Waals surface area (Å²) in [5.74, 6) is 0.0682. The third-order valence-corrected chi connectivity index (χ3v) is 1.94. The molecule has 3 heteroatoms. The van der Waals surface area contributed by atoms with E-state index in [0.717, 1.165) is 19.3 Å². The van der Waals surface area contributed by atoms with Crippen LogP contribution in [0.4, 0.5) is 0 Å². The van der Waals surface area contributed by atoms with Gasteiger partial charge in [-0.1, -0.05) is 13.3 Å². The molecule has 0 saturated carbocycles. The highest BCUT2D eigenvalue weighted by Gasteiger charge is 2.09. The minimum absolute atomic E-state index is 0.171. The Kier molecular flexibility index (Phi) is 6.76. The van der Waals surface area contributed by atoms with E-state index in [-0.39, 0.29) is 18.5 Å². The number of rotatable bonds is 6. The van der Waals surface area contributed by atoms with Crippen molar-refractivity contribution in [1.29, 1.82) is 0 Å². The second-order valence-corrected chi connectivity index (χ2v) is 2.95. The highest BCUT2D eigenvalue weighted by Crippen LogP contribution is 2.12. The fraction of sp³-hybridized carbons (Fsp3) is 0.889. The first-order valence-corrected chi connectivity index (χ1v) is 4.42. The Bertz CT molecular complexity index is 123. The van der Waals surface area contributed by atoms with Crippen molar-refractivity contribution in [2.45, 2.75) is 32.6 Å². The third kappa shape index (κ3) is 5.13. The van der Waals surface area contributed by atoms with E-state index in [2.05, 4.69) is 11.7 Å². The fourth-order valence-electron chi connectivity index (χ4n) is 1.16. The molecule has 0 aromatic heterocycles. The Labute approximate surface area is 73.7 Å². The van der Waals surface area contributed by atoms with E-state index in [9.17, 15) is 4.79 Å². The van der Waals surface area contributed by atoms with Gasteiger partial charge in [-0.25, -0.2) is 0 Å². The Hall–Kier alpha value is -0.570. The average molecular weight is 174 g/mol. The molecule has 12 heavy (non-hydrogen) atoms. The lowest BCUT2D eigenvalue weighted by Gasteiger charge is -2.10. The highest BCUT2D eigenvalue weighted by atomic mass is 16.5. The maximum absolute atomic E-state index is 10.7. The van der Waals surface area contributed by atoms with Gasteiger partial charge in [0, 0.05) is 13.0 Å². The summed E-state index contributed by atoms with van der Waals surface area (Å²) in [6.45, 7) is 2.24. The summed E-state index contributed by atoms with van der Waals surface area (Å²) >= 11 is 0. The quantitative estimate of drug-likeness (QED) is 0.618. The van der Waals surface area contributed by atoms with Crippen molar-refractivity contribution in [2.24, 2.45) is 5.92 Å². The van der Waals surface area contributed by atoms with Crippen LogP contribution in [0.15, 0.2) is 0 Å². The van der Waals surface area contributed by atoms with E-state index in [1.807, 2.05) is 0 Å². The number of aliphatic hydroxyl groups is 1. The number of hydrogen-bond donors (Lipinski definition) is 1. The third-order valence-electron chi connectivity index (χ3n) is 1.94. The van der Waals surface area contributed by atoms with Crippen molar-refractivity contribution in [1.82, 2.24) is 0 Å². The van der Waals surface area contributed by atoms with E-state index < -0.39 is 0 Å². The number of hydrogen-bond acceptors (Lipinski definition) is 3. The monoisotopic (exact) mass is 174 g/mol. The van der Waals surface area contributed by atoms with Crippen LogP contribution < -0.4 is 0 Å². The van der Waals surface area contributed by atoms with Gasteiger partial charge >= 0.3 is 5.97 Å². The van der Waals surface area contributed by atoms with Crippen LogP contribution in [-0.4, -0.2) is 24.8 Å². The molecule has 0 aromatic rings. The molecule has 0 heterocycles. The summed E-state index contributed by atoms with van der Waals surface area (Å²) in [6, 6.07) is 0. The summed E-state index contributed by atoms with van der Waals surface area (Å²) in [6.07, 6.45) is 3.18. The second kappa shape index (κ2) is 7.10. The predicted octanol–water partition coefficient (Wildman–Crippen LogP) is 1.35. The predicted molar refractivity (Wildman–Crippen MR) is 46.7 cm³/mol. The first-order chi connectivity index (χ1) is 5.74. The molecule has 0 aliphatic carbocycles. The lowest BCUT2D eigenvalue weighted by atomic mass is 9.99. The zero-order chi connectivity index (χ0) is 9.40. The van der Waals surface area contributed by atoms with Gasteiger partial charge in [0.1, 0.15) is 0 Å². The zero-order valence-electron chi connectivity index (χ0n) is 7.88. The number of ether oxygens (including phenoxy) is 1. The smallest absolute Gasteiger partial charge is 0.305 e. The van der Waals surface area contributed by atoms with Crippen molar-refractivity contribution in [3.63, 3.8) is 0 Å². The molecule has 0 aromatic carbocycles. The van der Waals surface area contributed by atoms with E-state index >= 15 is 0 Å². The molecule has 72 valence electrons. The molecule has 0 radical (unpaired) electrons. The van der Waals surface area contributed by atoms with Gasteiger partial charge in [-0.2, -0.15) is 0 Å². The van der Waals surface area contributed by atoms with Crippen molar-refractivity contribution >= 4 is 5.97 Å². The van der Waals surface area contributed by atoms with E-state index in [4.69, 9.17) is 5.11 Å². The van der Waals surface area contributed by atoms with E-state index in [1.54, 1.807) is 0 Å². The van der Waals surface area contributed by atoms with Crippen LogP contribution in [0.1, 0.15) is 32.6 Å². The minimum atomic E-state index is -0.190. The van der Waals surface area contributed by atoms with E-state index in [1.165, 1.54) is 7.11 Å². The van der Waals surface area contributed by atoms with Crippen LogP contribution in [0.3, 0.4) is 0 Å². The minimum Gasteiger partial charge on any atom is -0.469 e. The molecule has 3 nitrogen and oxygen atoms in total. The van der Waals surface area contributed by atoms with Crippen LogP contribution >= 0.6 is 0 Å². The Balaban J connectivity index is 3.50.